The van der Waals surface area contributed by atoms with Gasteiger partial charge in [-0.05, 0) is 43.0 Å². The Kier molecular flexibility index (Phi) is 4.65. The molecule has 0 unspecified atom stereocenters. The van der Waals surface area contributed by atoms with Crippen LogP contribution in [-0.4, -0.2) is 15.3 Å². The molecule has 0 radical (unpaired) electrons. The maximum absolute atomic E-state index is 13.0. The molecule has 1 amide bonds. The highest BCUT2D eigenvalue weighted by atomic mass is 16.2. The van der Waals surface area contributed by atoms with E-state index in [1.807, 2.05) is 47.9 Å². The molecule has 3 rings (SSSR count). The molecule has 0 aliphatic heterocycles. The van der Waals surface area contributed by atoms with E-state index in [2.05, 4.69) is 30.2 Å². The molecule has 124 valence electrons. The number of anilines is 1. The number of carbonyl (C=O) groups excluding carboxylic acids is 1. The molecule has 0 bridgehead atoms. The van der Waals surface area contributed by atoms with E-state index in [9.17, 15) is 4.79 Å². The minimum Gasteiger partial charge on any atom is -0.320 e. The number of rotatable bonds is 5. The predicted molar refractivity (Wildman–Crippen MR) is 97.7 cm³/mol. The van der Waals surface area contributed by atoms with Gasteiger partial charge in [0.15, 0.2) is 0 Å². The first-order valence-electron chi connectivity index (χ1n) is 8.51. The molecule has 0 aliphatic rings. The summed E-state index contributed by atoms with van der Waals surface area (Å²) in [5, 5.41) is 3.12. The monoisotopic (exact) mass is 321 g/mol. The smallest absolute Gasteiger partial charge is 0.274 e. The van der Waals surface area contributed by atoms with E-state index in [1.165, 1.54) is 0 Å². The third kappa shape index (κ3) is 2.92. The average Bonchev–Trinajstić information content (AvgIpc) is 2.95. The highest BCUT2D eigenvalue weighted by Gasteiger charge is 2.20. The zero-order valence-corrected chi connectivity index (χ0v) is 14.5. The van der Waals surface area contributed by atoms with Gasteiger partial charge < -0.3 is 5.32 Å². The third-order valence-electron chi connectivity index (χ3n) is 4.28. The summed E-state index contributed by atoms with van der Waals surface area (Å²) in [6.45, 7) is 6.22. The van der Waals surface area contributed by atoms with E-state index in [1.54, 1.807) is 0 Å². The fraction of sp³-hybridized carbons (Fsp3) is 0.300. The van der Waals surface area contributed by atoms with Gasteiger partial charge in [-0.3, -0.25) is 9.20 Å². The molecular formula is C20H23N3O. The predicted octanol–water partition coefficient (Wildman–Crippen LogP) is 4.41. The van der Waals surface area contributed by atoms with Crippen LogP contribution in [0.1, 0.15) is 47.6 Å². The first-order chi connectivity index (χ1) is 11.7. The van der Waals surface area contributed by atoms with Crippen LogP contribution < -0.4 is 5.32 Å². The summed E-state index contributed by atoms with van der Waals surface area (Å²) in [6, 6.07) is 11.9. The molecule has 4 nitrogen and oxygen atoms in total. The Morgan fingerprint density at radius 3 is 2.75 bits per heavy atom. The highest BCUT2D eigenvalue weighted by Crippen LogP contribution is 2.23. The van der Waals surface area contributed by atoms with E-state index in [4.69, 9.17) is 0 Å². The van der Waals surface area contributed by atoms with Gasteiger partial charge in [0.05, 0.1) is 5.69 Å². The van der Waals surface area contributed by atoms with Gasteiger partial charge in [-0.2, -0.15) is 0 Å². The molecule has 0 saturated heterocycles. The van der Waals surface area contributed by atoms with Crippen molar-refractivity contribution in [2.45, 2.75) is 40.0 Å². The normalized spacial score (nSPS) is 11.0. The molecule has 3 aromatic rings. The van der Waals surface area contributed by atoms with Crippen molar-refractivity contribution in [1.82, 2.24) is 9.38 Å². The Bertz CT molecular complexity index is 880. The van der Waals surface area contributed by atoms with Crippen molar-refractivity contribution in [3.8, 4) is 0 Å². The van der Waals surface area contributed by atoms with Crippen LogP contribution in [0.5, 0.6) is 0 Å². The SMILES string of the molecule is CCCc1nc2ccccn2c1C(=O)Nc1c(C)cccc1CC. The van der Waals surface area contributed by atoms with Crippen LogP contribution >= 0.6 is 0 Å². The number of hydrogen-bond acceptors (Lipinski definition) is 2. The minimum atomic E-state index is -0.0962. The lowest BCUT2D eigenvalue weighted by molar-refractivity contribution is 0.102. The van der Waals surface area contributed by atoms with Crippen LogP contribution in [0.25, 0.3) is 5.65 Å². The summed E-state index contributed by atoms with van der Waals surface area (Å²) < 4.78 is 1.88. The van der Waals surface area contributed by atoms with Crippen LogP contribution in [0.2, 0.25) is 0 Å². The number of benzene rings is 1. The number of pyridine rings is 1. The fourth-order valence-electron chi connectivity index (χ4n) is 3.07. The van der Waals surface area contributed by atoms with Crippen molar-refractivity contribution in [3.05, 3.63) is 65.1 Å². The highest BCUT2D eigenvalue weighted by molar-refractivity contribution is 6.05. The first-order valence-corrected chi connectivity index (χ1v) is 8.51. The number of hydrogen-bond donors (Lipinski definition) is 1. The standard InChI is InChI=1S/C20H23N3O/c1-4-9-16-19(23-13-7-6-12-17(23)21-16)20(24)22-18-14(3)10-8-11-15(18)5-2/h6-8,10-13H,4-5,9H2,1-3H3,(H,22,24). The van der Waals surface area contributed by atoms with Crippen LogP contribution in [0, 0.1) is 6.92 Å². The Hall–Kier alpha value is -2.62. The molecule has 0 atom stereocenters. The summed E-state index contributed by atoms with van der Waals surface area (Å²) in [7, 11) is 0. The minimum absolute atomic E-state index is 0.0962. The topological polar surface area (TPSA) is 46.4 Å². The molecule has 0 fully saturated rings. The van der Waals surface area contributed by atoms with Crippen LogP contribution in [0.4, 0.5) is 5.69 Å². The molecular weight excluding hydrogens is 298 g/mol. The van der Waals surface area contributed by atoms with Crippen LogP contribution in [-0.2, 0) is 12.8 Å². The Balaban J connectivity index is 2.05. The van der Waals surface area contributed by atoms with Crippen LogP contribution in [0.15, 0.2) is 42.6 Å². The number of nitrogens with one attached hydrogen (secondary N) is 1. The lowest BCUT2D eigenvalue weighted by Crippen LogP contribution is -2.18. The largest absolute Gasteiger partial charge is 0.320 e. The molecule has 4 heteroatoms. The van der Waals surface area contributed by atoms with Crippen molar-refractivity contribution in [3.63, 3.8) is 0 Å². The van der Waals surface area contributed by atoms with E-state index >= 15 is 0 Å². The molecule has 2 heterocycles. The van der Waals surface area contributed by atoms with Gasteiger partial charge in [-0.15, -0.1) is 0 Å². The van der Waals surface area contributed by atoms with E-state index in [0.29, 0.717) is 5.69 Å². The quantitative estimate of drug-likeness (QED) is 0.756. The van der Waals surface area contributed by atoms with Crippen molar-refractivity contribution < 1.29 is 4.79 Å². The van der Waals surface area contributed by atoms with Gasteiger partial charge in [0, 0.05) is 11.9 Å². The van der Waals surface area contributed by atoms with Gasteiger partial charge in [0.25, 0.3) is 5.91 Å². The lowest BCUT2D eigenvalue weighted by atomic mass is 10.1. The van der Waals surface area contributed by atoms with E-state index < -0.39 is 0 Å². The maximum Gasteiger partial charge on any atom is 0.274 e. The second kappa shape index (κ2) is 6.87. The zero-order chi connectivity index (χ0) is 17.1. The van der Waals surface area contributed by atoms with Crippen molar-refractivity contribution >= 4 is 17.2 Å². The molecule has 0 saturated carbocycles. The summed E-state index contributed by atoms with van der Waals surface area (Å²) in [5.74, 6) is -0.0962. The number of aromatic nitrogens is 2. The van der Waals surface area contributed by atoms with Crippen LogP contribution in [0.3, 0.4) is 0 Å². The fourth-order valence-corrected chi connectivity index (χ4v) is 3.07. The van der Waals surface area contributed by atoms with E-state index in [-0.39, 0.29) is 5.91 Å². The number of amides is 1. The van der Waals surface area contributed by atoms with Gasteiger partial charge in [0.1, 0.15) is 11.3 Å². The van der Waals surface area contributed by atoms with Crippen molar-refractivity contribution in [2.75, 3.05) is 5.32 Å². The summed E-state index contributed by atoms with van der Waals surface area (Å²) in [4.78, 5) is 17.7. The van der Waals surface area contributed by atoms with Gasteiger partial charge in [0.2, 0.25) is 0 Å². The second-order valence-electron chi connectivity index (χ2n) is 6.00. The Morgan fingerprint density at radius 2 is 2.00 bits per heavy atom. The number of nitrogens with zero attached hydrogens (tertiary/aromatic N) is 2. The van der Waals surface area contributed by atoms with Crippen molar-refractivity contribution in [2.24, 2.45) is 0 Å². The number of carbonyl (C=O) groups is 1. The second-order valence-corrected chi connectivity index (χ2v) is 6.00. The third-order valence-corrected chi connectivity index (χ3v) is 4.28. The lowest BCUT2D eigenvalue weighted by Gasteiger charge is -2.13. The van der Waals surface area contributed by atoms with Gasteiger partial charge >= 0.3 is 0 Å². The molecule has 1 aromatic carbocycles. The molecule has 0 aliphatic carbocycles. The maximum atomic E-state index is 13.0. The number of aryl methyl sites for hydroxylation is 3. The van der Waals surface area contributed by atoms with Crippen molar-refractivity contribution in [1.29, 1.82) is 0 Å². The Morgan fingerprint density at radius 1 is 1.17 bits per heavy atom. The van der Waals surface area contributed by atoms with E-state index in [0.717, 1.165) is 47.4 Å². The molecule has 2 aromatic heterocycles. The average molecular weight is 321 g/mol. The van der Waals surface area contributed by atoms with Gasteiger partial charge in [-0.25, -0.2) is 4.98 Å². The summed E-state index contributed by atoms with van der Waals surface area (Å²) in [5.41, 5.74) is 5.44. The number of fused-ring (bicyclic) bond motifs is 1. The molecule has 24 heavy (non-hydrogen) atoms. The summed E-state index contributed by atoms with van der Waals surface area (Å²) in [6.07, 6.45) is 4.52. The van der Waals surface area contributed by atoms with Gasteiger partial charge in [-0.1, -0.05) is 44.5 Å². The number of imidazole rings is 1. The Labute approximate surface area is 142 Å². The first kappa shape index (κ1) is 16.2. The molecule has 1 N–H and O–H groups in total. The zero-order valence-electron chi connectivity index (χ0n) is 14.5. The summed E-state index contributed by atoms with van der Waals surface area (Å²) >= 11 is 0. The molecule has 0 spiro atoms. The number of para-hydroxylation sites is 1.